The van der Waals surface area contributed by atoms with Crippen LogP contribution in [-0.4, -0.2) is 26.9 Å². The van der Waals surface area contributed by atoms with Crippen molar-refractivity contribution in [1.82, 2.24) is 10.6 Å². The van der Waals surface area contributed by atoms with Crippen molar-refractivity contribution >= 4 is 15.9 Å². The number of benzene rings is 1. The van der Waals surface area contributed by atoms with Crippen LogP contribution in [-0.2, 0) is 21.4 Å². The van der Waals surface area contributed by atoms with Crippen LogP contribution in [0.4, 0.5) is 0 Å². The van der Waals surface area contributed by atoms with Gasteiger partial charge in [-0.3, -0.25) is 4.79 Å². The summed E-state index contributed by atoms with van der Waals surface area (Å²) in [6.07, 6.45) is 2.26. The number of nitrogens with one attached hydrogen (secondary N) is 2. The van der Waals surface area contributed by atoms with E-state index in [2.05, 4.69) is 10.6 Å². The van der Waals surface area contributed by atoms with Crippen LogP contribution in [0.25, 0.3) is 0 Å². The quantitative estimate of drug-likeness (QED) is 0.667. The number of rotatable bonds is 6. The highest BCUT2D eigenvalue weighted by Gasteiger charge is 2.20. The molecule has 0 heterocycles. The summed E-state index contributed by atoms with van der Waals surface area (Å²) in [5.41, 5.74) is 0.700. The van der Waals surface area contributed by atoms with E-state index in [1.54, 1.807) is 12.1 Å². The molecule has 0 unspecified atom stereocenters. The minimum Gasteiger partial charge on any atom is -0.351 e. The zero-order valence-electron chi connectivity index (χ0n) is 10.4. The fourth-order valence-corrected chi connectivity index (χ4v) is 2.20. The van der Waals surface area contributed by atoms with Crippen LogP contribution < -0.4 is 15.8 Å². The molecule has 104 valence electrons. The lowest BCUT2D eigenvalue weighted by Crippen LogP contribution is -2.34. The Kier molecular flexibility index (Phi) is 4.18. The number of carbonyl (C=O) groups excluding carboxylic acids is 1. The van der Waals surface area contributed by atoms with Gasteiger partial charge in [0.05, 0.1) is 11.4 Å². The lowest BCUT2D eigenvalue weighted by Gasteiger charge is -2.07. The molecule has 1 fully saturated rings. The van der Waals surface area contributed by atoms with Crippen molar-refractivity contribution in [2.75, 3.05) is 6.54 Å². The van der Waals surface area contributed by atoms with Gasteiger partial charge in [0.2, 0.25) is 15.9 Å². The van der Waals surface area contributed by atoms with Crippen molar-refractivity contribution in [2.24, 2.45) is 5.14 Å². The molecule has 7 heteroatoms. The third kappa shape index (κ3) is 4.62. The fourth-order valence-electron chi connectivity index (χ4n) is 1.62. The number of carbonyl (C=O) groups is 1. The molecule has 2 rings (SSSR count). The van der Waals surface area contributed by atoms with Crippen LogP contribution in [0.2, 0.25) is 0 Å². The first kappa shape index (κ1) is 14.0. The van der Waals surface area contributed by atoms with E-state index < -0.39 is 10.0 Å². The lowest BCUT2D eigenvalue weighted by molar-refractivity contribution is -0.120. The summed E-state index contributed by atoms with van der Waals surface area (Å²) >= 11 is 0. The van der Waals surface area contributed by atoms with Gasteiger partial charge in [0.1, 0.15) is 0 Å². The minimum absolute atomic E-state index is 0.0513. The van der Waals surface area contributed by atoms with E-state index in [9.17, 15) is 13.2 Å². The van der Waals surface area contributed by atoms with Crippen LogP contribution in [0.5, 0.6) is 0 Å². The molecule has 0 aromatic heterocycles. The SMILES string of the molecule is NS(=O)(=O)c1cccc(CNC(=O)CNC2CC2)c1. The smallest absolute Gasteiger partial charge is 0.238 e. The van der Waals surface area contributed by atoms with Gasteiger partial charge < -0.3 is 10.6 Å². The van der Waals surface area contributed by atoms with Gasteiger partial charge in [0, 0.05) is 12.6 Å². The van der Waals surface area contributed by atoms with Gasteiger partial charge in [0.15, 0.2) is 0 Å². The Hall–Kier alpha value is -1.44. The van der Waals surface area contributed by atoms with Crippen LogP contribution >= 0.6 is 0 Å². The monoisotopic (exact) mass is 283 g/mol. The van der Waals surface area contributed by atoms with Crippen LogP contribution in [0.1, 0.15) is 18.4 Å². The zero-order chi connectivity index (χ0) is 13.9. The molecule has 1 aliphatic carbocycles. The fraction of sp³-hybridized carbons (Fsp3) is 0.417. The van der Waals surface area contributed by atoms with Gasteiger partial charge >= 0.3 is 0 Å². The molecule has 0 spiro atoms. The van der Waals surface area contributed by atoms with Gasteiger partial charge in [-0.25, -0.2) is 13.6 Å². The van der Waals surface area contributed by atoms with Crippen molar-refractivity contribution in [3.05, 3.63) is 29.8 Å². The molecule has 0 bridgehead atoms. The molecule has 1 saturated carbocycles. The lowest BCUT2D eigenvalue weighted by atomic mass is 10.2. The average molecular weight is 283 g/mol. The number of amides is 1. The van der Waals surface area contributed by atoms with E-state index in [0.29, 0.717) is 18.2 Å². The highest BCUT2D eigenvalue weighted by atomic mass is 32.2. The summed E-state index contributed by atoms with van der Waals surface area (Å²) in [6.45, 7) is 0.577. The summed E-state index contributed by atoms with van der Waals surface area (Å²) in [7, 11) is -3.70. The first-order valence-electron chi connectivity index (χ1n) is 6.07. The second-order valence-electron chi connectivity index (χ2n) is 4.62. The van der Waals surface area contributed by atoms with Gasteiger partial charge in [0.25, 0.3) is 0 Å². The summed E-state index contributed by atoms with van der Waals surface area (Å²) in [6, 6.07) is 6.71. The van der Waals surface area contributed by atoms with Crippen molar-refractivity contribution < 1.29 is 13.2 Å². The van der Waals surface area contributed by atoms with Crippen LogP contribution in [0.3, 0.4) is 0 Å². The molecule has 6 nitrogen and oxygen atoms in total. The molecule has 0 radical (unpaired) electrons. The summed E-state index contributed by atoms with van der Waals surface area (Å²) in [5, 5.41) is 10.9. The largest absolute Gasteiger partial charge is 0.351 e. The normalized spacial score (nSPS) is 15.2. The van der Waals surface area contributed by atoms with Gasteiger partial charge in [-0.15, -0.1) is 0 Å². The van der Waals surface area contributed by atoms with Crippen LogP contribution in [0, 0.1) is 0 Å². The Labute approximate surface area is 112 Å². The summed E-state index contributed by atoms with van der Waals surface area (Å²) < 4.78 is 22.4. The molecule has 1 aromatic carbocycles. The standard InChI is InChI=1S/C12H17N3O3S/c13-19(17,18)11-3-1-2-9(6-11)7-15-12(16)8-14-10-4-5-10/h1-3,6,10,14H,4-5,7-8H2,(H,15,16)(H2,13,17,18). The van der Waals surface area contributed by atoms with Crippen molar-refractivity contribution in [3.63, 3.8) is 0 Å². The number of primary sulfonamides is 1. The summed E-state index contributed by atoms with van der Waals surface area (Å²) in [4.78, 5) is 11.6. The zero-order valence-corrected chi connectivity index (χ0v) is 11.2. The Morgan fingerprint density at radius 3 is 2.74 bits per heavy atom. The summed E-state index contributed by atoms with van der Waals surface area (Å²) in [5.74, 6) is -0.104. The number of hydrogen-bond acceptors (Lipinski definition) is 4. The third-order valence-electron chi connectivity index (χ3n) is 2.85. The topological polar surface area (TPSA) is 101 Å². The highest BCUT2D eigenvalue weighted by Crippen LogP contribution is 2.17. The average Bonchev–Trinajstić information content (AvgIpc) is 3.17. The number of hydrogen-bond donors (Lipinski definition) is 3. The third-order valence-corrected chi connectivity index (χ3v) is 3.76. The van der Waals surface area contributed by atoms with E-state index in [4.69, 9.17) is 5.14 Å². The van der Waals surface area contributed by atoms with Crippen molar-refractivity contribution in [1.29, 1.82) is 0 Å². The Morgan fingerprint density at radius 1 is 1.37 bits per heavy atom. The molecule has 1 aliphatic rings. The van der Waals surface area contributed by atoms with Crippen molar-refractivity contribution in [2.45, 2.75) is 30.3 Å². The van der Waals surface area contributed by atoms with E-state index >= 15 is 0 Å². The van der Waals surface area contributed by atoms with E-state index in [-0.39, 0.29) is 17.3 Å². The molecule has 1 amide bonds. The van der Waals surface area contributed by atoms with Gasteiger partial charge in [-0.05, 0) is 30.5 Å². The van der Waals surface area contributed by atoms with E-state index in [1.165, 1.54) is 12.1 Å². The first-order valence-corrected chi connectivity index (χ1v) is 7.61. The molecule has 1 aromatic rings. The van der Waals surface area contributed by atoms with E-state index in [1.807, 2.05) is 0 Å². The maximum atomic E-state index is 11.5. The number of sulfonamides is 1. The highest BCUT2D eigenvalue weighted by molar-refractivity contribution is 7.89. The second kappa shape index (κ2) is 5.68. The molecule has 19 heavy (non-hydrogen) atoms. The van der Waals surface area contributed by atoms with E-state index in [0.717, 1.165) is 12.8 Å². The van der Waals surface area contributed by atoms with Crippen molar-refractivity contribution in [3.8, 4) is 0 Å². The molecular formula is C12H17N3O3S. The molecule has 0 aliphatic heterocycles. The predicted octanol–water partition coefficient (Wildman–Crippen LogP) is -0.298. The molecule has 0 atom stereocenters. The molecule has 0 saturated heterocycles. The van der Waals surface area contributed by atoms with Gasteiger partial charge in [-0.1, -0.05) is 12.1 Å². The Morgan fingerprint density at radius 2 is 2.11 bits per heavy atom. The maximum Gasteiger partial charge on any atom is 0.238 e. The Bertz CT molecular complexity index is 567. The molecule has 4 N–H and O–H groups in total. The number of nitrogens with two attached hydrogens (primary N) is 1. The predicted molar refractivity (Wildman–Crippen MR) is 70.7 cm³/mol. The second-order valence-corrected chi connectivity index (χ2v) is 6.19. The first-order chi connectivity index (χ1) is 8.95. The van der Waals surface area contributed by atoms with Gasteiger partial charge in [-0.2, -0.15) is 0 Å². The van der Waals surface area contributed by atoms with Crippen LogP contribution in [0.15, 0.2) is 29.2 Å². The molecular weight excluding hydrogens is 266 g/mol. The Balaban J connectivity index is 1.86. The minimum atomic E-state index is -3.70. The maximum absolute atomic E-state index is 11.5.